The molecule has 0 saturated carbocycles. The van der Waals surface area contributed by atoms with Crippen molar-refractivity contribution in [2.45, 2.75) is 45.2 Å². The molecule has 0 aromatic rings. The van der Waals surface area contributed by atoms with Gasteiger partial charge >= 0.3 is 5.97 Å². The lowest BCUT2D eigenvalue weighted by Gasteiger charge is -2.40. The van der Waals surface area contributed by atoms with E-state index >= 15 is 0 Å². The molecule has 2 unspecified atom stereocenters. The van der Waals surface area contributed by atoms with E-state index in [9.17, 15) is 4.79 Å². The molecule has 0 aromatic heterocycles. The normalized spacial score (nSPS) is 26.2. The molecule has 1 heterocycles. The summed E-state index contributed by atoms with van der Waals surface area (Å²) < 4.78 is 4.70. The molecular formula is C13H26N2O2. The van der Waals surface area contributed by atoms with Crippen LogP contribution in [-0.4, -0.2) is 50.2 Å². The van der Waals surface area contributed by atoms with Crippen LogP contribution >= 0.6 is 0 Å². The van der Waals surface area contributed by atoms with Gasteiger partial charge in [0, 0.05) is 31.6 Å². The summed E-state index contributed by atoms with van der Waals surface area (Å²) in [7, 11) is 3.48. The Morgan fingerprint density at radius 1 is 1.47 bits per heavy atom. The number of piperidine rings is 1. The summed E-state index contributed by atoms with van der Waals surface area (Å²) in [6.45, 7) is 6.68. The van der Waals surface area contributed by atoms with Gasteiger partial charge in [0.2, 0.25) is 0 Å². The van der Waals surface area contributed by atoms with Gasteiger partial charge in [-0.1, -0.05) is 0 Å². The van der Waals surface area contributed by atoms with Crippen molar-refractivity contribution in [2.75, 3.05) is 27.2 Å². The van der Waals surface area contributed by atoms with Crippen LogP contribution in [0.25, 0.3) is 0 Å². The molecule has 1 aliphatic rings. The highest BCUT2D eigenvalue weighted by Crippen LogP contribution is 2.22. The van der Waals surface area contributed by atoms with Gasteiger partial charge in [-0.05, 0) is 39.7 Å². The number of esters is 1. The van der Waals surface area contributed by atoms with E-state index in [4.69, 9.17) is 4.74 Å². The molecular weight excluding hydrogens is 216 g/mol. The number of likely N-dealkylation sites (tertiary alicyclic amines) is 1. The Morgan fingerprint density at radius 2 is 2.18 bits per heavy atom. The molecule has 2 atom stereocenters. The molecule has 4 nitrogen and oxygen atoms in total. The number of hydrogen-bond donors (Lipinski definition) is 1. The summed E-state index contributed by atoms with van der Waals surface area (Å²) in [6, 6.07) is 1.13. The largest absolute Gasteiger partial charge is 0.469 e. The van der Waals surface area contributed by atoms with Crippen LogP contribution in [0.3, 0.4) is 0 Å². The molecule has 0 amide bonds. The van der Waals surface area contributed by atoms with E-state index in [2.05, 4.69) is 24.1 Å². The van der Waals surface area contributed by atoms with E-state index in [1.165, 1.54) is 7.11 Å². The van der Waals surface area contributed by atoms with Crippen LogP contribution in [0.4, 0.5) is 0 Å². The highest BCUT2D eigenvalue weighted by atomic mass is 16.5. The predicted molar refractivity (Wildman–Crippen MR) is 68.9 cm³/mol. The van der Waals surface area contributed by atoms with Gasteiger partial charge in [-0.3, -0.25) is 9.69 Å². The van der Waals surface area contributed by atoms with Crippen molar-refractivity contribution < 1.29 is 9.53 Å². The van der Waals surface area contributed by atoms with E-state index in [1.807, 2.05) is 7.05 Å². The Kier molecular flexibility index (Phi) is 5.92. The van der Waals surface area contributed by atoms with Crippen molar-refractivity contribution in [3.05, 3.63) is 0 Å². The molecule has 1 aliphatic heterocycles. The van der Waals surface area contributed by atoms with Gasteiger partial charge in [-0.25, -0.2) is 0 Å². The summed E-state index contributed by atoms with van der Waals surface area (Å²) in [5, 5.41) is 3.36. The molecule has 1 rings (SSSR count). The van der Waals surface area contributed by atoms with Crippen molar-refractivity contribution in [1.82, 2.24) is 10.2 Å². The maximum absolute atomic E-state index is 11.2. The smallest absolute Gasteiger partial charge is 0.305 e. The minimum Gasteiger partial charge on any atom is -0.469 e. The Hall–Kier alpha value is -0.610. The fourth-order valence-corrected chi connectivity index (χ4v) is 2.50. The van der Waals surface area contributed by atoms with Gasteiger partial charge in [0.05, 0.1) is 7.11 Å². The summed E-state index contributed by atoms with van der Waals surface area (Å²) >= 11 is 0. The summed E-state index contributed by atoms with van der Waals surface area (Å²) in [5.74, 6) is 0.510. The van der Waals surface area contributed by atoms with Gasteiger partial charge in [-0.2, -0.15) is 0 Å². The van der Waals surface area contributed by atoms with E-state index in [0.29, 0.717) is 24.4 Å². The first-order chi connectivity index (χ1) is 8.06. The molecule has 1 N–H and O–H groups in total. The standard InChI is InChI=1S/C13H26N2O2/c1-10(2)15-8-11(5-6-13(16)17-4)7-12(9-15)14-3/h10-12,14H,5-9H2,1-4H3. The van der Waals surface area contributed by atoms with Crippen molar-refractivity contribution in [3.8, 4) is 0 Å². The van der Waals surface area contributed by atoms with Crippen molar-refractivity contribution in [3.63, 3.8) is 0 Å². The number of carbonyl (C=O) groups excluding carboxylic acids is 1. The zero-order valence-corrected chi connectivity index (χ0v) is 11.5. The zero-order valence-electron chi connectivity index (χ0n) is 11.5. The molecule has 1 saturated heterocycles. The second-order valence-electron chi connectivity index (χ2n) is 5.25. The lowest BCUT2D eigenvalue weighted by Crippen LogP contribution is -2.50. The third kappa shape index (κ3) is 4.64. The van der Waals surface area contributed by atoms with Crippen LogP contribution in [0.1, 0.15) is 33.1 Å². The number of rotatable bonds is 5. The molecule has 0 aromatic carbocycles. The molecule has 1 fully saturated rings. The summed E-state index contributed by atoms with van der Waals surface area (Å²) in [5.41, 5.74) is 0. The quantitative estimate of drug-likeness (QED) is 0.737. The topological polar surface area (TPSA) is 41.6 Å². The van der Waals surface area contributed by atoms with Crippen LogP contribution < -0.4 is 5.32 Å². The van der Waals surface area contributed by atoms with E-state index < -0.39 is 0 Å². The third-order valence-corrected chi connectivity index (χ3v) is 3.69. The number of likely N-dealkylation sites (N-methyl/N-ethyl adjacent to an activating group) is 1. The Morgan fingerprint density at radius 3 is 2.71 bits per heavy atom. The molecule has 0 spiro atoms. The van der Waals surface area contributed by atoms with E-state index in [0.717, 1.165) is 25.9 Å². The number of nitrogens with zero attached hydrogens (tertiary/aromatic N) is 1. The summed E-state index contributed by atoms with van der Waals surface area (Å²) in [6.07, 6.45) is 2.65. The molecule has 0 bridgehead atoms. The van der Waals surface area contributed by atoms with Crippen molar-refractivity contribution in [2.24, 2.45) is 5.92 Å². The first-order valence-electron chi connectivity index (χ1n) is 6.55. The lowest BCUT2D eigenvalue weighted by molar-refractivity contribution is -0.141. The number of carbonyl (C=O) groups is 1. The monoisotopic (exact) mass is 242 g/mol. The predicted octanol–water partition coefficient (Wildman–Crippen LogP) is 1.26. The fraction of sp³-hybridized carbons (Fsp3) is 0.923. The number of nitrogens with one attached hydrogen (secondary N) is 1. The van der Waals surface area contributed by atoms with Gasteiger partial charge < -0.3 is 10.1 Å². The van der Waals surface area contributed by atoms with Crippen LogP contribution in [0.2, 0.25) is 0 Å². The van der Waals surface area contributed by atoms with E-state index in [1.54, 1.807) is 0 Å². The van der Waals surface area contributed by atoms with Crippen molar-refractivity contribution >= 4 is 5.97 Å². The molecule has 100 valence electrons. The minimum absolute atomic E-state index is 0.0901. The highest BCUT2D eigenvalue weighted by molar-refractivity contribution is 5.69. The van der Waals surface area contributed by atoms with Gasteiger partial charge in [0.1, 0.15) is 0 Å². The van der Waals surface area contributed by atoms with Crippen molar-refractivity contribution in [1.29, 1.82) is 0 Å². The summed E-state index contributed by atoms with van der Waals surface area (Å²) in [4.78, 5) is 13.7. The van der Waals surface area contributed by atoms with Crippen LogP contribution in [0.5, 0.6) is 0 Å². The molecule has 4 heteroatoms. The first kappa shape index (κ1) is 14.5. The second kappa shape index (κ2) is 6.97. The second-order valence-corrected chi connectivity index (χ2v) is 5.25. The molecule has 0 aliphatic carbocycles. The molecule has 0 radical (unpaired) electrons. The van der Waals surface area contributed by atoms with Gasteiger partial charge in [0.15, 0.2) is 0 Å². The minimum atomic E-state index is -0.0901. The zero-order chi connectivity index (χ0) is 12.8. The SMILES string of the molecule is CNC1CC(CCC(=O)OC)CN(C(C)C)C1. The maximum Gasteiger partial charge on any atom is 0.305 e. The first-order valence-corrected chi connectivity index (χ1v) is 6.55. The number of ether oxygens (including phenoxy) is 1. The van der Waals surface area contributed by atoms with Crippen LogP contribution in [-0.2, 0) is 9.53 Å². The Bertz CT molecular complexity index is 244. The van der Waals surface area contributed by atoms with Gasteiger partial charge in [0.25, 0.3) is 0 Å². The van der Waals surface area contributed by atoms with Gasteiger partial charge in [-0.15, -0.1) is 0 Å². The third-order valence-electron chi connectivity index (χ3n) is 3.69. The van der Waals surface area contributed by atoms with E-state index in [-0.39, 0.29) is 5.97 Å². The average Bonchev–Trinajstić information content (AvgIpc) is 2.35. The lowest BCUT2D eigenvalue weighted by atomic mass is 9.89. The Balaban J connectivity index is 2.45. The maximum atomic E-state index is 11.2. The number of hydrogen-bond acceptors (Lipinski definition) is 4. The highest BCUT2D eigenvalue weighted by Gasteiger charge is 2.27. The average molecular weight is 242 g/mol. The van der Waals surface area contributed by atoms with Crippen LogP contribution in [0, 0.1) is 5.92 Å². The number of methoxy groups -OCH3 is 1. The van der Waals surface area contributed by atoms with Crippen LogP contribution in [0.15, 0.2) is 0 Å². The fourth-order valence-electron chi connectivity index (χ4n) is 2.50. The Labute approximate surface area is 105 Å². The molecule has 17 heavy (non-hydrogen) atoms.